The second-order valence-corrected chi connectivity index (χ2v) is 4.15. The van der Waals surface area contributed by atoms with Gasteiger partial charge in [-0.1, -0.05) is 0 Å². The molecule has 1 aliphatic rings. The zero-order valence-corrected chi connectivity index (χ0v) is 7.69. The van der Waals surface area contributed by atoms with Crippen LogP contribution in [0.25, 0.3) is 0 Å². The molecule has 0 radical (unpaired) electrons. The summed E-state index contributed by atoms with van der Waals surface area (Å²) in [7, 11) is 0. The summed E-state index contributed by atoms with van der Waals surface area (Å²) in [6, 6.07) is 0. The molecule has 40 valence electrons. The van der Waals surface area contributed by atoms with Crippen molar-refractivity contribution in [1.29, 1.82) is 0 Å². The fourth-order valence-corrected chi connectivity index (χ4v) is 2.29. The Morgan fingerprint density at radius 2 is 2.57 bits per heavy atom. The van der Waals surface area contributed by atoms with Gasteiger partial charge >= 0.3 is 58.6 Å². The van der Waals surface area contributed by atoms with Crippen LogP contribution in [0.5, 0.6) is 0 Å². The minimum absolute atomic E-state index is 1.29. The molecule has 1 nitrogen and oxygen atoms in total. The Morgan fingerprint density at radius 3 is 2.86 bits per heavy atom. The molecule has 0 aromatic carbocycles. The molecule has 0 aromatic heterocycles. The number of nitrogens with one attached hydrogen (secondary N) is 1. The molecule has 0 aliphatic carbocycles. The van der Waals surface area contributed by atoms with Crippen LogP contribution in [-0.4, -0.2) is 9.77 Å². The van der Waals surface area contributed by atoms with Gasteiger partial charge in [-0.3, -0.25) is 0 Å². The van der Waals surface area contributed by atoms with Crippen molar-refractivity contribution in [3.63, 3.8) is 0 Å². The standard InChI is InChI=1S/C4H7NS.W/c1-2-4-6-5-3-1;/h5H,1-2,4H2;. The minimum atomic E-state index is 1.29. The van der Waals surface area contributed by atoms with E-state index in [4.69, 9.17) is 0 Å². The van der Waals surface area contributed by atoms with E-state index in [1.54, 1.807) is 19.4 Å². The Hall–Kier alpha value is 0.868. The van der Waals surface area contributed by atoms with Crippen molar-refractivity contribution in [3.05, 3.63) is 0 Å². The summed E-state index contributed by atoms with van der Waals surface area (Å²) < 4.78 is 4.76. The van der Waals surface area contributed by atoms with Crippen LogP contribution in [0.3, 0.4) is 0 Å². The first-order valence-electron chi connectivity index (χ1n) is 2.30. The quantitative estimate of drug-likeness (QED) is 0.657. The van der Waals surface area contributed by atoms with E-state index < -0.39 is 0 Å². The van der Waals surface area contributed by atoms with Gasteiger partial charge in [-0.05, 0) is 0 Å². The Morgan fingerprint density at radius 1 is 1.71 bits per heavy atom. The van der Waals surface area contributed by atoms with Crippen molar-refractivity contribution in [2.45, 2.75) is 12.8 Å². The van der Waals surface area contributed by atoms with E-state index in [0.29, 0.717) is 0 Å². The van der Waals surface area contributed by atoms with Gasteiger partial charge in [0.2, 0.25) is 0 Å². The maximum atomic E-state index is 3.25. The normalized spacial score (nSPS) is 22.6. The Labute approximate surface area is 58.8 Å². The van der Waals surface area contributed by atoms with E-state index in [1.807, 2.05) is 11.9 Å². The van der Waals surface area contributed by atoms with Gasteiger partial charge < -0.3 is 0 Å². The molecule has 0 bridgehead atoms. The molecule has 3 heteroatoms. The van der Waals surface area contributed by atoms with E-state index in [1.165, 1.54) is 22.6 Å². The number of rotatable bonds is 0. The van der Waals surface area contributed by atoms with Crippen LogP contribution < -0.4 is 4.72 Å². The predicted octanol–water partition coefficient (Wildman–Crippen LogP) is 0.695. The van der Waals surface area contributed by atoms with E-state index >= 15 is 0 Å². The second-order valence-electron chi connectivity index (χ2n) is 1.48. The molecule has 1 N–H and O–H groups in total. The van der Waals surface area contributed by atoms with E-state index in [0.717, 1.165) is 0 Å². The molecule has 1 saturated heterocycles. The van der Waals surface area contributed by atoms with Crippen LogP contribution in [0.15, 0.2) is 0 Å². The van der Waals surface area contributed by atoms with Gasteiger partial charge in [-0.25, -0.2) is 0 Å². The molecule has 1 fully saturated rings. The van der Waals surface area contributed by atoms with Gasteiger partial charge in [-0.2, -0.15) is 0 Å². The van der Waals surface area contributed by atoms with Crippen molar-refractivity contribution in [1.82, 2.24) is 4.72 Å². The number of hydrogen-bond donors (Lipinski definition) is 1. The third kappa shape index (κ3) is 2.07. The third-order valence-corrected chi connectivity index (χ3v) is 3.33. The molecule has 0 aromatic rings. The van der Waals surface area contributed by atoms with Crippen molar-refractivity contribution in [2.75, 3.05) is 5.75 Å². The van der Waals surface area contributed by atoms with Crippen molar-refractivity contribution in [3.8, 4) is 0 Å². The van der Waals surface area contributed by atoms with E-state index in [-0.39, 0.29) is 0 Å². The fraction of sp³-hybridized carbons (Fsp3) is 0.750. The summed E-state index contributed by atoms with van der Waals surface area (Å²) in [4.78, 5) is 0. The van der Waals surface area contributed by atoms with Crippen LogP contribution >= 0.6 is 11.9 Å². The average molecular weight is 285 g/mol. The third-order valence-electron chi connectivity index (χ3n) is 0.836. The fourth-order valence-electron chi connectivity index (χ4n) is 0.487. The topological polar surface area (TPSA) is 12.0 Å². The summed E-state index contributed by atoms with van der Waals surface area (Å²) >= 11 is 3.44. The zero-order chi connectivity index (χ0) is 5.11. The molecule has 7 heavy (non-hydrogen) atoms. The SMILES string of the molecule is [W]=[C]1CCCSN1. The van der Waals surface area contributed by atoms with Gasteiger partial charge in [0.25, 0.3) is 0 Å². The average Bonchev–Trinajstić information content (AvgIpc) is 1.69. The molecule has 0 spiro atoms. The second kappa shape index (κ2) is 3.01. The summed E-state index contributed by atoms with van der Waals surface area (Å²) in [5.41, 5.74) is 0. The first-order chi connectivity index (χ1) is 3.39. The first-order valence-corrected chi connectivity index (χ1v) is 4.75. The van der Waals surface area contributed by atoms with Crippen LogP contribution in [0, 0.1) is 0 Å². The molecule has 0 saturated carbocycles. The van der Waals surface area contributed by atoms with Crippen molar-refractivity contribution >= 4 is 16.0 Å². The zero-order valence-electron chi connectivity index (χ0n) is 3.94. The Balaban J connectivity index is 2.25. The van der Waals surface area contributed by atoms with Crippen LogP contribution in [0.2, 0.25) is 0 Å². The summed E-state index contributed by atoms with van der Waals surface area (Å²) in [5, 5.41) is 0. The molecule has 1 aliphatic heterocycles. The molecule has 1 rings (SSSR count). The summed E-state index contributed by atoms with van der Waals surface area (Å²) in [5.74, 6) is 1.29. The summed E-state index contributed by atoms with van der Waals surface area (Å²) in [6.45, 7) is 0. The van der Waals surface area contributed by atoms with Crippen LogP contribution in [0.1, 0.15) is 12.8 Å². The van der Waals surface area contributed by atoms with E-state index in [9.17, 15) is 0 Å². The monoisotopic (exact) mass is 285 g/mol. The molecule has 0 atom stereocenters. The van der Waals surface area contributed by atoms with E-state index in [2.05, 4.69) is 4.72 Å². The Kier molecular flexibility index (Phi) is 2.58. The van der Waals surface area contributed by atoms with Gasteiger partial charge in [0.1, 0.15) is 0 Å². The predicted molar refractivity (Wildman–Crippen MR) is 29.8 cm³/mol. The van der Waals surface area contributed by atoms with Crippen molar-refractivity contribution < 1.29 is 19.4 Å². The van der Waals surface area contributed by atoms with Crippen LogP contribution in [-0.2, 0) is 19.4 Å². The van der Waals surface area contributed by atoms with Gasteiger partial charge in [0, 0.05) is 0 Å². The Bertz CT molecular complexity index is 75.8. The molecular weight excluding hydrogens is 278 g/mol. The summed E-state index contributed by atoms with van der Waals surface area (Å²) in [6.07, 6.45) is 2.68. The van der Waals surface area contributed by atoms with Crippen molar-refractivity contribution in [2.24, 2.45) is 0 Å². The first kappa shape index (κ1) is 6.00. The molecular formula is C4H7NSW. The molecule has 0 amide bonds. The maximum absolute atomic E-state index is 3.25. The molecule has 1 heterocycles. The van der Waals surface area contributed by atoms with Gasteiger partial charge in [0.15, 0.2) is 0 Å². The van der Waals surface area contributed by atoms with Gasteiger partial charge in [0.05, 0.1) is 0 Å². The molecule has 0 unspecified atom stereocenters. The van der Waals surface area contributed by atoms with Gasteiger partial charge in [-0.15, -0.1) is 0 Å². The van der Waals surface area contributed by atoms with Crippen LogP contribution in [0.4, 0.5) is 0 Å². The number of hydrogen-bond acceptors (Lipinski definition) is 2.